The number of hydrogen-bond donors (Lipinski definition) is 1. The van der Waals surface area contributed by atoms with Crippen LogP contribution < -0.4 is 10.9 Å². The van der Waals surface area contributed by atoms with Gasteiger partial charge in [0.2, 0.25) is 0 Å². The highest BCUT2D eigenvalue weighted by atomic mass is 35.5. The fourth-order valence-electron chi connectivity index (χ4n) is 1.40. The van der Waals surface area contributed by atoms with Crippen molar-refractivity contribution in [2.75, 3.05) is 11.2 Å². The van der Waals surface area contributed by atoms with Crippen LogP contribution in [0.5, 0.6) is 0 Å². The molecule has 0 aliphatic heterocycles. The summed E-state index contributed by atoms with van der Waals surface area (Å²) in [5, 5.41) is 3.08. The zero-order chi connectivity index (χ0) is 12.1. The van der Waals surface area contributed by atoms with Crippen LogP contribution in [0, 0.1) is 0 Å². The largest absolute Gasteiger partial charge is 0.363 e. The lowest BCUT2D eigenvalue weighted by molar-refractivity contribution is 0.574. The number of halogens is 1. The summed E-state index contributed by atoms with van der Waals surface area (Å²) in [6.45, 7) is 5.91. The van der Waals surface area contributed by atoms with Crippen LogP contribution in [0.15, 0.2) is 17.2 Å². The van der Waals surface area contributed by atoms with Crippen molar-refractivity contribution in [2.24, 2.45) is 0 Å². The Morgan fingerprint density at radius 3 is 2.75 bits per heavy atom. The van der Waals surface area contributed by atoms with Gasteiger partial charge in [0.25, 0.3) is 5.56 Å². The minimum Gasteiger partial charge on any atom is -0.363 e. The molecule has 1 unspecified atom stereocenters. The summed E-state index contributed by atoms with van der Waals surface area (Å²) in [5.41, 5.74) is -0.0843. The number of aromatic nitrogens is 2. The number of rotatable bonds is 5. The van der Waals surface area contributed by atoms with Gasteiger partial charge in [-0.25, -0.2) is 4.98 Å². The van der Waals surface area contributed by atoms with Crippen LogP contribution in [-0.2, 0) is 0 Å². The Bertz CT molecular complexity index is 389. The molecule has 1 aromatic rings. The molecule has 1 atom stereocenters. The van der Waals surface area contributed by atoms with E-state index in [9.17, 15) is 4.79 Å². The molecule has 0 radical (unpaired) electrons. The van der Waals surface area contributed by atoms with Gasteiger partial charge in [-0.15, -0.1) is 11.6 Å². The molecule has 0 aliphatic rings. The quantitative estimate of drug-likeness (QED) is 0.807. The highest BCUT2D eigenvalue weighted by Gasteiger charge is 2.09. The van der Waals surface area contributed by atoms with Crippen molar-refractivity contribution in [3.8, 4) is 0 Å². The summed E-state index contributed by atoms with van der Waals surface area (Å²) in [6.07, 6.45) is 4.14. The first-order valence-electron chi connectivity index (χ1n) is 5.46. The summed E-state index contributed by atoms with van der Waals surface area (Å²) in [7, 11) is 0. The Morgan fingerprint density at radius 2 is 2.19 bits per heavy atom. The molecule has 0 saturated heterocycles. The smallest absolute Gasteiger partial charge is 0.293 e. The normalized spacial score (nSPS) is 12.8. The molecule has 0 bridgehead atoms. The summed E-state index contributed by atoms with van der Waals surface area (Å²) in [5.74, 6) is 0.966. The first-order chi connectivity index (χ1) is 7.56. The van der Waals surface area contributed by atoms with Gasteiger partial charge in [0.15, 0.2) is 5.82 Å². The molecule has 5 heteroatoms. The Kier molecular flexibility index (Phi) is 4.80. The first-order valence-corrected chi connectivity index (χ1v) is 5.99. The van der Waals surface area contributed by atoms with Crippen molar-refractivity contribution in [3.05, 3.63) is 22.7 Å². The third-order valence-corrected chi connectivity index (χ3v) is 2.57. The molecule has 0 amide bonds. The number of alkyl halides is 1. The van der Waals surface area contributed by atoms with Crippen LogP contribution in [0.4, 0.5) is 5.82 Å². The van der Waals surface area contributed by atoms with Crippen LogP contribution in [0.1, 0.15) is 33.2 Å². The summed E-state index contributed by atoms with van der Waals surface area (Å²) in [6, 6.07) is 0.292. The van der Waals surface area contributed by atoms with Gasteiger partial charge in [-0.05, 0) is 27.2 Å². The second-order valence-corrected chi connectivity index (χ2v) is 4.48. The summed E-state index contributed by atoms with van der Waals surface area (Å²) >= 11 is 5.64. The number of anilines is 1. The molecule has 4 nitrogen and oxygen atoms in total. The summed E-state index contributed by atoms with van der Waals surface area (Å²) in [4.78, 5) is 16.0. The third kappa shape index (κ3) is 3.23. The molecule has 16 heavy (non-hydrogen) atoms. The van der Waals surface area contributed by atoms with Gasteiger partial charge in [0.05, 0.1) is 0 Å². The highest BCUT2D eigenvalue weighted by molar-refractivity contribution is 6.17. The van der Waals surface area contributed by atoms with Gasteiger partial charge in [0, 0.05) is 30.4 Å². The second-order valence-electron chi connectivity index (χ2n) is 4.11. The molecule has 90 valence electrons. The molecule has 1 aromatic heterocycles. The van der Waals surface area contributed by atoms with E-state index in [0.29, 0.717) is 11.7 Å². The maximum absolute atomic E-state index is 12.0. The van der Waals surface area contributed by atoms with Crippen LogP contribution in [0.2, 0.25) is 0 Å². The molecule has 0 aliphatic carbocycles. The zero-order valence-corrected chi connectivity index (χ0v) is 10.7. The Balaban J connectivity index is 2.89. The SMILES string of the molecule is CC(CCCl)Nc1nccn(C(C)C)c1=O. The lowest BCUT2D eigenvalue weighted by Crippen LogP contribution is -2.28. The zero-order valence-electron chi connectivity index (χ0n) is 9.90. The van der Waals surface area contributed by atoms with Crippen molar-refractivity contribution >= 4 is 17.4 Å². The third-order valence-electron chi connectivity index (χ3n) is 2.35. The average molecular weight is 244 g/mol. The minimum atomic E-state index is -0.0843. The van der Waals surface area contributed by atoms with Crippen LogP contribution in [0.25, 0.3) is 0 Å². The number of hydrogen-bond acceptors (Lipinski definition) is 3. The molecule has 0 spiro atoms. The minimum absolute atomic E-state index is 0.0843. The maximum Gasteiger partial charge on any atom is 0.293 e. The maximum atomic E-state index is 12.0. The molecular weight excluding hydrogens is 226 g/mol. The van der Waals surface area contributed by atoms with E-state index in [4.69, 9.17) is 11.6 Å². The Labute approximate surface area is 101 Å². The number of nitrogens with one attached hydrogen (secondary N) is 1. The molecule has 1 rings (SSSR count). The van der Waals surface area contributed by atoms with Gasteiger partial charge < -0.3 is 9.88 Å². The van der Waals surface area contributed by atoms with Crippen LogP contribution in [0.3, 0.4) is 0 Å². The fraction of sp³-hybridized carbons (Fsp3) is 0.636. The lowest BCUT2D eigenvalue weighted by Gasteiger charge is -2.15. The standard InChI is InChI=1S/C11H18ClN3O/c1-8(2)15-7-6-13-10(11(15)16)14-9(3)4-5-12/h6-9H,4-5H2,1-3H3,(H,13,14). The predicted molar refractivity (Wildman–Crippen MR) is 67.3 cm³/mol. The molecular formula is C11H18ClN3O. The number of nitrogens with zero attached hydrogens (tertiary/aromatic N) is 2. The van der Waals surface area contributed by atoms with Crippen molar-refractivity contribution in [1.29, 1.82) is 0 Å². The summed E-state index contributed by atoms with van der Waals surface area (Å²) < 4.78 is 1.66. The van der Waals surface area contributed by atoms with Crippen molar-refractivity contribution in [2.45, 2.75) is 39.3 Å². The second kappa shape index (κ2) is 5.89. The monoisotopic (exact) mass is 243 g/mol. The Morgan fingerprint density at radius 1 is 1.50 bits per heavy atom. The molecule has 0 aromatic carbocycles. The van der Waals surface area contributed by atoms with Gasteiger partial charge in [0.1, 0.15) is 0 Å². The van der Waals surface area contributed by atoms with Gasteiger partial charge >= 0.3 is 0 Å². The van der Waals surface area contributed by atoms with E-state index in [1.54, 1.807) is 17.0 Å². The van der Waals surface area contributed by atoms with E-state index in [0.717, 1.165) is 6.42 Å². The van der Waals surface area contributed by atoms with E-state index in [1.165, 1.54) is 0 Å². The van der Waals surface area contributed by atoms with E-state index >= 15 is 0 Å². The molecule has 1 heterocycles. The first kappa shape index (κ1) is 13.0. The van der Waals surface area contributed by atoms with E-state index in [2.05, 4.69) is 10.3 Å². The fourth-order valence-corrected chi connectivity index (χ4v) is 1.73. The average Bonchev–Trinajstić information content (AvgIpc) is 2.21. The van der Waals surface area contributed by atoms with Crippen molar-refractivity contribution in [3.63, 3.8) is 0 Å². The Hall–Kier alpha value is -1.03. The van der Waals surface area contributed by atoms with Crippen LogP contribution >= 0.6 is 11.6 Å². The van der Waals surface area contributed by atoms with Crippen molar-refractivity contribution in [1.82, 2.24) is 9.55 Å². The molecule has 0 saturated carbocycles. The van der Waals surface area contributed by atoms with Crippen molar-refractivity contribution < 1.29 is 0 Å². The molecule has 1 N–H and O–H groups in total. The van der Waals surface area contributed by atoms with Gasteiger partial charge in [-0.1, -0.05) is 0 Å². The highest BCUT2D eigenvalue weighted by Crippen LogP contribution is 2.04. The van der Waals surface area contributed by atoms with E-state index < -0.39 is 0 Å². The predicted octanol–water partition coefficient (Wildman–Crippen LogP) is 2.25. The van der Waals surface area contributed by atoms with E-state index in [-0.39, 0.29) is 17.6 Å². The van der Waals surface area contributed by atoms with Crippen LogP contribution in [-0.4, -0.2) is 21.5 Å². The van der Waals surface area contributed by atoms with E-state index in [1.807, 2.05) is 20.8 Å². The van der Waals surface area contributed by atoms with Gasteiger partial charge in [-0.2, -0.15) is 0 Å². The molecule has 0 fully saturated rings. The van der Waals surface area contributed by atoms with Gasteiger partial charge in [-0.3, -0.25) is 4.79 Å². The topological polar surface area (TPSA) is 46.9 Å². The lowest BCUT2D eigenvalue weighted by atomic mass is 10.2.